The molecule has 5 rings (SSSR count). The minimum atomic E-state index is -3.50. The van der Waals surface area contributed by atoms with Gasteiger partial charge in [-0.15, -0.1) is 0 Å². The van der Waals surface area contributed by atoms with Gasteiger partial charge in [0.05, 0.1) is 36.6 Å². The summed E-state index contributed by atoms with van der Waals surface area (Å²) in [5, 5.41) is 6.47. The highest BCUT2D eigenvalue weighted by Crippen LogP contribution is 2.33. The van der Waals surface area contributed by atoms with Crippen LogP contribution in [0.5, 0.6) is 5.75 Å². The van der Waals surface area contributed by atoms with Crippen molar-refractivity contribution in [1.82, 2.24) is 24.3 Å². The van der Waals surface area contributed by atoms with E-state index in [0.717, 1.165) is 31.6 Å². The van der Waals surface area contributed by atoms with Gasteiger partial charge in [-0.05, 0) is 42.9 Å². The number of nitrogens with zero attached hydrogens (tertiary/aromatic N) is 5. The normalized spacial score (nSPS) is 13.9. The Labute approximate surface area is 255 Å². The molecule has 1 saturated heterocycles. The summed E-state index contributed by atoms with van der Waals surface area (Å²) in [4.78, 5) is 26.4. The first-order chi connectivity index (χ1) is 20.6. The Hall–Kier alpha value is -4.33. The summed E-state index contributed by atoms with van der Waals surface area (Å²) in [5.74, 6) is 1.00. The van der Waals surface area contributed by atoms with Crippen LogP contribution in [0.3, 0.4) is 0 Å². The number of para-hydroxylation sites is 2. The lowest BCUT2D eigenvalue weighted by atomic mass is 10.2. The fourth-order valence-electron chi connectivity index (χ4n) is 4.79. The number of aromatic nitrogens is 3. The molecule has 0 aliphatic carbocycles. The van der Waals surface area contributed by atoms with Crippen molar-refractivity contribution in [3.63, 3.8) is 0 Å². The summed E-state index contributed by atoms with van der Waals surface area (Å²) in [7, 11) is -1.95. The molecule has 4 aromatic rings. The molecule has 0 atom stereocenters. The third-order valence-electron chi connectivity index (χ3n) is 7.00. The molecule has 1 amide bonds. The second kappa shape index (κ2) is 12.9. The molecule has 0 saturated carbocycles. The Kier molecular flexibility index (Phi) is 9.04. The van der Waals surface area contributed by atoms with Gasteiger partial charge in [0, 0.05) is 44.1 Å². The summed E-state index contributed by atoms with van der Waals surface area (Å²) < 4.78 is 33.6. The number of carbonyl (C=O) groups is 1. The summed E-state index contributed by atoms with van der Waals surface area (Å²) in [6, 6.07) is 16.0. The molecule has 226 valence electrons. The van der Waals surface area contributed by atoms with Crippen LogP contribution in [0.1, 0.15) is 17.4 Å². The zero-order valence-corrected chi connectivity index (χ0v) is 25.6. The van der Waals surface area contributed by atoms with Gasteiger partial charge in [-0.1, -0.05) is 30.7 Å². The standard InChI is InChI=1S/C29H33ClN8O4S/c1-4-36-14-16-37(17-15-36)28(39)25-10-7-13-38(25)20-11-12-24(26(18-20)42-2)33-29-31-19-21(30)27(34-29)32-22-8-5-6-9-23(22)35-43(3,40)41/h5-13,18-19,35H,4,14-17H2,1-3H3,(H2,31,32,33,34). The monoisotopic (exact) mass is 624 g/mol. The van der Waals surface area contributed by atoms with Crippen molar-refractivity contribution in [1.29, 1.82) is 0 Å². The zero-order valence-electron chi connectivity index (χ0n) is 24.0. The van der Waals surface area contributed by atoms with Crippen LogP contribution in [-0.4, -0.2) is 84.7 Å². The molecule has 0 bridgehead atoms. The van der Waals surface area contributed by atoms with Crippen LogP contribution in [0.15, 0.2) is 67.0 Å². The van der Waals surface area contributed by atoms with Gasteiger partial charge in [-0.25, -0.2) is 13.4 Å². The molecular formula is C29H33ClN8O4S. The smallest absolute Gasteiger partial charge is 0.270 e. The fraction of sp³-hybridized carbons (Fsp3) is 0.276. The number of piperazine rings is 1. The summed E-state index contributed by atoms with van der Waals surface area (Å²) in [6.45, 7) is 6.24. The largest absolute Gasteiger partial charge is 0.494 e. The van der Waals surface area contributed by atoms with E-state index in [2.05, 4.69) is 37.1 Å². The number of nitrogens with one attached hydrogen (secondary N) is 3. The first-order valence-corrected chi connectivity index (χ1v) is 15.9. The highest BCUT2D eigenvalue weighted by molar-refractivity contribution is 7.92. The predicted molar refractivity (Wildman–Crippen MR) is 169 cm³/mol. The number of anilines is 5. The zero-order chi connectivity index (χ0) is 30.6. The number of sulfonamides is 1. The molecule has 1 aliphatic heterocycles. The van der Waals surface area contributed by atoms with Gasteiger partial charge in [0.15, 0.2) is 5.82 Å². The van der Waals surface area contributed by atoms with Crippen LogP contribution in [0.25, 0.3) is 5.69 Å². The van der Waals surface area contributed by atoms with E-state index in [9.17, 15) is 13.2 Å². The maximum atomic E-state index is 13.4. The Morgan fingerprint density at radius 1 is 1.00 bits per heavy atom. The van der Waals surface area contributed by atoms with E-state index >= 15 is 0 Å². The first kappa shape index (κ1) is 30.1. The maximum absolute atomic E-state index is 13.4. The number of hydrogen-bond donors (Lipinski definition) is 3. The topological polar surface area (TPSA) is 134 Å². The molecule has 12 nitrogen and oxygen atoms in total. The molecule has 3 heterocycles. The molecule has 1 aliphatic rings. The van der Waals surface area contributed by atoms with Crippen molar-refractivity contribution < 1.29 is 17.9 Å². The van der Waals surface area contributed by atoms with Gasteiger partial charge in [0.1, 0.15) is 16.5 Å². The number of benzene rings is 2. The SMILES string of the molecule is CCN1CCN(C(=O)c2cccn2-c2ccc(Nc3ncc(Cl)c(Nc4ccccc4NS(C)(=O)=O)n3)c(OC)c2)CC1. The third-order valence-corrected chi connectivity index (χ3v) is 7.87. The van der Waals surface area contributed by atoms with E-state index in [1.807, 2.05) is 46.0 Å². The van der Waals surface area contributed by atoms with Crippen molar-refractivity contribution in [2.24, 2.45) is 0 Å². The molecule has 0 unspecified atom stereocenters. The molecular weight excluding hydrogens is 592 g/mol. The van der Waals surface area contributed by atoms with Crippen molar-refractivity contribution >= 4 is 56.4 Å². The number of hydrogen-bond acceptors (Lipinski definition) is 9. The Bertz CT molecular complexity index is 1720. The minimum absolute atomic E-state index is 0.00942. The second-order valence-electron chi connectivity index (χ2n) is 9.93. The lowest BCUT2D eigenvalue weighted by molar-refractivity contribution is 0.0635. The molecule has 0 spiro atoms. The molecule has 3 N–H and O–H groups in total. The highest BCUT2D eigenvalue weighted by atomic mass is 35.5. The highest BCUT2D eigenvalue weighted by Gasteiger charge is 2.24. The third kappa shape index (κ3) is 7.19. The quantitative estimate of drug-likeness (QED) is 0.232. The first-order valence-electron chi connectivity index (χ1n) is 13.7. The van der Waals surface area contributed by atoms with Gasteiger partial charge in [0.2, 0.25) is 16.0 Å². The van der Waals surface area contributed by atoms with E-state index in [1.165, 1.54) is 6.20 Å². The number of rotatable bonds is 10. The number of methoxy groups -OCH3 is 1. The van der Waals surface area contributed by atoms with E-state index in [4.69, 9.17) is 16.3 Å². The van der Waals surface area contributed by atoms with E-state index in [0.29, 0.717) is 41.6 Å². The van der Waals surface area contributed by atoms with Crippen LogP contribution in [0.2, 0.25) is 5.02 Å². The van der Waals surface area contributed by atoms with Gasteiger partial charge in [-0.2, -0.15) is 4.98 Å². The van der Waals surface area contributed by atoms with Crippen molar-refractivity contribution in [2.45, 2.75) is 6.92 Å². The second-order valence-corrected chi connectivity index (χ2v) is 12.1. The van der Waals surface area contributed by atoms with E-state index in [1.54, 1.807) is 31.4 Å². The minimum Gasteiger partial charge on any atom is -0.494 e. The predicted octanol–water partition coefficient (Wildman–Crippen LogP) is 4.57. The Morgan fingerprint density at radius 3 is 2.44 bits per heavy atom. The van der Waals surface area contributed by atoms with Crippen LogP contribution < -0.4 is 20.1 Å². The summed E-state index contributed by atoms with van der Waals surface area (Å²) >= 11 is 6.37. The van der Waals surface area contributed by atoms with Crippen molar-refractivity contribution in [3.05, 3.63) is 77.7 Å². The van der Waals surface area contributed by atoms with Crippen LogP contribution in [0.4, 0.5) is 28.8 Å². The lowest BCUT2D eigenvalue weighted by Crippen LogP contribution is -2.48. The number of ether oxygens (including phenoxy) is 1. The number of amides is 1. The average molecular weight is 625 g/mol. The lowest BCUT2D eigenvalue weighted by Gasteiger charge is -2.34. The van der Waals surface area contributed by atoms with Gasteiger partial charge in [-0.3, -0.25) is 9.52 Å². The average Bonchev–Trinajstić information content (AvgIpc) is 3.49. The van der Waals surface area contributed by atoms with Crippen molar-refractivity contribution in [2.75, 3.05) is 61.4 Å². The molecule has 2 aromatic heterocycles. The molecule has 2 aromatic carbocycles. The Balaban J connectivity index is 1.36. The van der Waals surface area contributed by atoms with Crippen LogP contribution in [-0.2, 0) is 10.0 Å². The fourth-order valence-corrected chi connectivity index (χ4v) is 5.50. The van der Waals surface area contributed by atoms with Gasteiger partial charge < -0.3 is 29.7 Å². The van der Waals surface area contributed by atoms with Crippen LogP contribution >= 0.6 is 11.6 Å². The van der Waals surface area contributed by atoms with Crippen molar-refractivity contribution in [3.8, 4) is 11.4 Å². The molecule has 14 heteroatoms. The maximum Gasteiger partial charge on any atom is 0.270 e. The van der Waals surface area contributed by atoms with E-state index in [-0.39, 0.29) is 22.7 Å². The summed E-state index contributed by atoms with van der Waals surface area (Å²) in [5.41, 5.74) is 2.74. The summed E-state index contributed by atoms with van der Waals surface area (Å²) in [6.07, 6.45) is 4.37. The van der Waals surface area contributed by atoms with Gasteiger partial charge >= 0.3 is 0 Å². The van der Waals surface area contributed by atoms with Crippen LogP contribution in [0, 0.1) is 0 Å². The Morgan fingerprint density at radius 2 is 1.74 bits per heavy atom. The van der Waals surface area contributed by atoms with E-state index < -0.39 is 10.0 Å². The molecule has 1 fully saturated rings. The van der Waals surface area contributed by atoms with Gasteiger partial charge in [0.25, 0.3) is 5.91 Å². The number of likely N-dealkylation sites (N-methyl/N-ethyl adjacent to an activating group) is 1. The number of halogens is 1. The number of carbonyl (C=O) groups excluding carboxylic acids is 1. The molecule has 0 radical (unpaired) electrons. The molecule has 43 heavy (non-hydrogen) atoms.